The van der Waals surface area contributed by atoms with Crippen LogP contribution in [0.25, 0.3) is 0 Å². The zero-order chi connectivity index (χ0) is 13.9. The van der Waals surface area contributed by atoms with Gasteiger partial charge >= 0.3 is 6.18 Å². The highest BCUT2D eigenvalue weighted by molar-refractivity contribution is 5.62. The van der Waals surface area contributed by atoms with Gasteiger partial charge in [-0.2, -0.15) is 13.2 Å². The molecule has 0 radical (unpaired) electrons. The number of hydrogen-bond acceptors (Lipinski definition) is 4. The molecule has 0 aliphatic carbocycles. The fraction of sp³-hybridized carbons (Fsp3) is 0.500. The summed E-state index contributed by atoms with van der Waals surface area (Å²) >= 11 is 0. The number of anilines is 2. The van der Waals surface area contributed by atoms with Gasteiger partial charge in [0.1, 0.15) is 5.75 Å². The van der Waals surface area contributed by atoms with Crippen molar-refractivity contribution in [1.82, 2.24) is 0 Å². The van der Waals surface area contributed by atoms with Crippen LogP contribution in [0, 0.1) is 0 Å². The van der Waals surface area contributed by atoms with Gasteiger partial charge in [0.05, 0.1) is 18.9 Å². The number of halogens is 3. The molecule has 1 aliphatic heterocycles. The maximum absolute atomic E-state index is 12.1. The van der Waals surface area contributed by atoms with Crippen molar-refractivity contribution in [3.05, 3.63) is 18.2 Å². The molecule has 0 amide bonds. The van der Waals surface area contributed by atoms with E-state index in [2.05, 4.69) is 0 Å². The number of nitrogens with two attached hydrogens (primary N) is 1. The number of nitrogen functional groups attached to an aromatic ring is 1. The molecule has 1 aromatic rings. The van der Waals surface area contributed by atoms with Crippen molar-refractivity contribution in [3.8, 4) is 5.75 Å². The van der Waals surface area contributed by atoms with E-state index in [1.54, 1.807) is 12.1 Å². The summed E-state index contributed by atoms with van der Waals surface area (Å²) in [5, 5.41) is 0. The SMILES string of the molecule is Nc1ccc(N2CCOCC2)cc1OCC(F)(F)F. The Bertz CT molecular complexity index is 431. The van der Waals surface area contributed by atoms with Gasteiger partial charge in [-0.05, 0) is 12.1 Å². The van der Waals surface area contributed by atoms with Crippen molar-refractivity contribution in [2.45, 2.75) is 6.18 Å². The lowest BCUT2D eigenvalue weighted by atomic mass is 10.2. The molecule has 0 unspecified atom stereocenters. The zero-order valence-electron chi connectivity index (χ0n) is 10.2. The Kier molecular flexibility index (Phi) is 4.04. The van der Waals surface area contributed by atoms with E-state index in [9.17, 15) is 13.2 Å². The standard InChI is InChI=1S/C12H15F3N2O2/c13-12(14,15)8-19-11-7-9(1-2-10(11)16)17-3-5-18-6-4-17/h1-2,7H,3-6,8,16H2. The maximum Gasteiger partial charge on any atom is 0.422 e. The lowest BCUT2D eigenvalue weighted by molar-refractivity contribution is -0.153. The van der Waals surface area contributed by atoms with Crippen molar-refractivity contribution in [2.75, 3.05) is 43.5 Å². The summed E-state index contributed by atoms with van der Waals surface area (Å²) in [4.78, 5) is 2.02. The predicted octanol–water partition coefficient (Wildman–Crippen LogP) is 2.05. The van der Waals surface area contributed by atoms with E-state index in [0.29, 0.717) is 26.3 Å². The van der Waals surface area contributed by atoms with E-state index < -0.39 is 12.8 Å². The molecule has 1 saturated heterocycles. The van der Waals surface area contributed by atoms with E-state index in [1.165, 1.54) is 6.07 Å². The average Bonchev–Trinajstić information content (AvgIpc) is 2.38. The van der Waals surface area contributed by atoms with Gasteiger partial charge in [-0.3, -0.25) is 0 Å². The summed E-state index contributed by atoms with van der Waals surface area (Å²) in [6.07, 6.45) is -4.37. The molecule has 0 bridgehead atoms. The Morgan fingerprint density at radius 1 is 1.26 bits per heavy atom. The third-order valence-electron chi connectivity index (χ3n) is 2.76. The summed E-state index contributed by atoms with van der Waals surface area (Å²) in [6, 6.07) is 4.85. The van der Waals surface area contributed by atoms with Gasteiger partial charge in [0.25, 0.3) is 0 Å². The quantitative estimate of drug-likeness (QED) is 0.858. The predicted molar refractivity (Wildman–Crippen MR) is 65.4 cm³/mol. The molecule has 2 N–H and O–H groups in total. The monoisotopic (exact) mass is 276 g/mol. The third-order valence-corrected chi connectivity index (χ3v) is 2.76. The summed E-state index contributed by atoms with van der Waals surface area (Å²) in [6.45, 7) is 1.25. The second-order valence-corrected chi connectivity index (χ2v) is 4.23. The van der Waals surface area contributed by atoms with E-state index in [4.69, 9.17) is 15.2 Å². The van der Waals surface area contributed by atoms with E-state index in [-0.39, 0.29) is 11.4 Å². The van der Waals surface area contributed by atoms with Crippen molar-refractivity contribution >= 4 is 11.4 Å². The van der Waals surface area contributed by atoms with Crippen LogP contribution >= 0.6 is 0 Å². The highest BCUT2D eigenvalue weighted by Gasteiger charge is 2.28. The van der Waals surface area contributed by atoms with Gasteiger partial charge < -0.3 is 20.1 Å². The molecule has 1 aromatic carbocycles. The molecular formula is C12H15F3N2O2. The molecule has 1 aliphatic rings. The van der Waals surface area contributed by atoms with Crippen LogP contribution in [0.2, 0.25) is 0 Å². The first-order valence-corrected chi connectivity index (χ1v) is 5.87. The molecule has 1 fully saturated rings. The van der Waals surface area contributed by atoms with Crippen LogP contribution in [0.3, 0.4) is 0 Å². The van der Waals surface area contributed by atoms with Crippen molar-refractivity contribution < 1.29 is 22.6 Å². The van der Waals surface area contributed by atoms with E-state index in [0.717, 1.165) is 5.69 Å². The van der Waals surface area contributed by atoms with Crippen molar-refractivity contribution in [3.63, 3.8) is 0 Å². The fourth-order valence-corrected chi connectivity index (χ4v) is 1.83. The maximum atomic E-state index is 12.1. The number of hydrogen-bond donors (Lipinski definition) is 1. The lowest BCUT2D eigenvalue weighted by Crippen LogP contribution is -2.36. The van der Waals surface area contributed by atoms with E-state index >= 15 is 0 Å². The lowest BCUT2D eigenvalue weighted by Gasteiger charge is -2.29. The molecule has 0 spiro atoms. The van der Waals surface area contributed by atoms with Crippen LogP contribution < -0.4 is 15.4 Å². The molecule has 4 nitrogen and oxygen atoms in total. The minimum Gasteiger partial charge on any atom is -0.482 e. The largest absolute Gasteiger partial charge is 0.482 e. The summed E-state index contributed by atoms with van der Waals surface area (Å²) < 4.78 is 46.4. The summed E-state index contributed by atoms with van der Waals surface area (Å²) in [5.74, 6) is 0.0568. The van der Waals surface area contributed by atoms with Crippen LogP contribution in [0.5, 0.6) is 5.75 Å². The van der Waals surface area contributed by atoms with Gasteiger partial charge in [0, 0.05) is 24.8 Å². The van der Waals surface area contributed by atoms with Gasteiger partial charge in [-0.25, -0.2) is 0 Å². The first-order valence-electron chi connectivity index (χ1n) is 5.87. The number of rotatable bonds is 3. The van der Waals surface area contributed by atoms with Crippen LogP contribution in [0.4, 0.5) is 24.5 Å². The van der Waals surface area contributed by atoms with E-state index in [1.807, 2.05) is 4.90 Å². The Morgan fingerprint density at radius 2 is 1.95 bits per heavy atom. The number of alkyl halides is 3. The minimum atomic E-state index is -4.37. The van der Waals surface area contributed by atoms with Gasteiger partial charge in [0.15, 0.2) is 6.61 Å². The highest BCUT2D eigenvalue weighted by atomic mass is 19.4. The highest BCUT2D eigenvalue weighted by Crippen LogP contribution is 2.29. The molecular weight excluding hydrogens is 261 g/mol. The average molecular weight is 276 g/mol. The minimum absolute atomic E-state index is 0.0568. The van der Waals surface area contributed by atoms with Gasteiger partial charge in [-0.1, -0.05) is 0 Å². The number of benzene rings is 1. The molecule has 0 aromatic heterocycles. The molecule has 0 saturated carbocycles. The molecule has 2 rings (SSSR count). The number of ether oxygens (including phenoxy) is 2. The zero-order valence-corrected chi connectivity index (χ0v) is 10.2. The topological polar surface area (TPSA) is 47.7 Å². The van der Waals surface area contributed by atoms with Crippen LogP contribution in [-0.2, 0) is 4.74 Å². The molecule has 19 heavy (non-hydrogen) atoms. The molecule has 7 heteroatoms. The number of morpholine rings is 1. The molecule has 106 valence electrons. The second-order valence-electron chi connectivity index (χ2n) is 4.23. The first-order chi connectivity index (χ1) is 8.96. The van der Waals surface area contributed by atoms with Crippen LogP contribution in [-0.4, -0.2) is 39.1 Å². The normalized spacial score (nSPS) is 16.5. The third kappa shape index (κ3) is 3.92. The Hall–Kier alpha value is -1.63. The van der Waals surface area contributed by atoms with Gasteiger partial charge in [0.2, 0.25) is 0 Å². The van der Waals surface area contributed by atoms with Gasteiger partial charge in [-0.15, -0.1) is 0 Å². The fourth-order valence-electron chi connectivity index (χ4n) is 1.83. The Labute approximate surface area is 108 Å². The smallest absolute Gasteiger partial charge is 0.422 e. The number of nitrogens with zero attached hydrogens (tertiary/aromatic N) is 1. The Morgan fingerprint density at radius 3 is 2.58 bits per heavy atom. The van der Waals surface area contributed by atoms with Crippen LogP contribution in [0.1, 0.15) is 0 Å². The summed E-state index contributed by atoms with van der Waals surface area (Å²) in [7, 11) is 0. The second kappa shape index (κ2) is 5.56. The van der Waals surface area contributed by atoms with Crippen LogP contribution in [0.15, 0.2) is 18.2 Å². The Balaban J connectivity index is 2.10. The van der Waals surface area contributed by atoms with Crippen molar-refractivity contribution in [1.29, 1.82) is 0 Å². The summed E-state index contributed by atoms with van der Waals surface area (Å²) in [5.41, 5.74) is 6.60. The first kappa shape index (κ1) is 13.8. The molecule has 1 heterocycles. The van der Waals surface area contributed by atoms with Crippen molar-refractivity contribution in [2.24, 2.45) is 0 Å². The molecule has 0 atom stereocenters.